The Morgan fingerprint density at radius 1 is 1.33 bits per heavy atom. The number of likely N-dealkylation sites (N-methyl/N-ethyl adjacent to an activating group) is 1. The summed E-state index contributed by atoms with van der Waals surface area (Å²) in [5, 5.41) is 11.3. The van der Waals surface area contributed by atoms with Gasteiger partial charge in [0, 0.05) is 7.05 Å². The van der Waals surface area contributed by atoms with E-state index in [-0.39, 0.29) is 17.2 Å². The van der Waals surface area contributed by atoms with Crippen molar-refractivity contribution in [3.63, 3.8) is 0 Å². The molecular formula is C12H15NO5. The number of aromatic carboxylic acids is 1. The number of hydrogen-bond acceptors (Lipinski definition) is 4. The Morgan fingerprint density at radius 3 is 2.50 bits per heavy atom. The zero-order chi connectivity index (χ0) is 13.7. The van der Waals surface area contributed by atoms with Gasteiger partial charge in [0.15, 0.2) is 17.6 Å². The van der Waals surface area contributed by atoms with Gasteiger partial charge in [-0.2, -0.15) is 0 Å². The molecule has 6 heteroatoms. The van der Waals surface area contributed by atoms with Crippen molar-refractivity contribution < 1.29 is 24.2 Å². The molecule has 0 fully saturated rings. The Labute approximate surface area is 105 Å². The van der Waals surface area contributed by atoms with Crippen molar-refractivity contribution in [2.75, 3.05) is 14.2 Å². The van der Waals surface area contributed by atoms with Gasteiger partial charge < -0.3 is 19.9 Å². The van der Waals surface area contributed by atoms with Gasteiger partial charge in [0.25, 0.3) is 5.91 Å². The van der Waals surface area contributed by atoms with Crippen LogP contribution in [0, 0.1) is 0 Å². The van der Waals surface area contributed by atoms with Crippen molar-refractivity contribution in [1.82, 2.24) is 5.32 Å². The van der Waals surface area contributed by atoms with Gasteiger partial charge >= 0.3 is 5.97 Å². The van der Waals surface area contributed by atoms with Crippen molar-refractivity contribution >= 4 is 11.9 Å². The zero-order valence-electron chi connectivity index (χ0n) is 10.4. The third-order valence-electron chi connectivity index (χ3n) is 2.33. The summed E-state index contributed by atoms with van der Waals surface area (Å²) in [6.07, 6.45) is -0.695. The van der Waals surface area contributed by atoms with E-state index in [2.05, 4.69) is 5.32 Å². The van der Waals surface area contributed by atoms with Crippen LogP contribution in [0.3, 0.4) is 0 Å². The van der Waals surface area contributed by atoms with Crippen LogP contribution < -0.4 is 14.8 Å². The second kappa shape index (κ2) is 5.90. The number of nitrogens with one attached hydrogen (secondary N) is 1. The molecule has 0 saturated carbocycles. The average Bonchev–Trinajstić information content (AvgIpc) is 2.37. The maximum absolute atomic E-state index is 11.3. The molecule has 98 valence electrons. The molecule has 0 heterocycles. The molecular weight excluding hydrogens is 238 g/mol. The summed E-state index contributed by atoms with van der Waals surface area (Å²) in [5.74, 6) is -0.747. The van der Waals surface area contributed by atoms with E-state index in [1.54, 1.807) is 6.92 Å². The van der Waals surface area contributed by atoms with Gasteiger partial charge in [-0.15, -0.1) is 0 Å². The summed E-state index contributed by atoms with van der Waals surface area (Å²) < 4.78 is 10.4. The number of rotatable bonds is 5. The number of hydrogen-bond donors (Lipinski definition) is 2. The number of amides is 1. The van der Waals surface area contributed by atoms with Crippen LogP contribution in [0.5, 0.6) is 11.5 Å². The van der Waals surface area contributed by atoms with Crippen molar-refractivity contribution in [2.45, 2.75) is 13.0 Å². The highest BCUT2D eigenvalue weighted by molar-refractivity contribution is 5.88. The highest BCUT2D eigenvalue weighted by Crippen LogP contribution is 2.28. The van der Waals surface area contributed by atoms with Crippen LogP contribution in [-0.2, 0) is 4.79 Å². The number of carboxylic acid groups (broad SMARTS) is 1. The third kappa shape index (κ3) is 3.13. The quantitative estimate of drug-likeness (QED) is 0.814. The predicted molar refractivity (Wildman–Crippen MR) is 64.1 cm³/mol. The largest absolute Gasteiger partial charge is 0.493 e. The first-order chi connectivity index (χ1) is 8.49. The standard InChI is InChI=1S/C12H15NO5/c1-7(11(14)13-2)18-9-5-4-8(12(15)16)6-10(9)17-3/h4-7H,1-3H3,(H,13,14)(H,15,16). The lowest BCUT2D eigenvalue weighted by atomic mass is 10.2. The minimum atomic E-state index is -1.06. The number of carboxylic acids is 1. The lowest BCUT2D eigenvalue weighted by Gasteiger charge is -2.15. The number of carbonyl (C=O) groups is 2. The van der Waals surface area contributed by atoms with E-state index in [0.29, 0.717) is 5.75 Å². The van der Waals surface area contributed by atoms with E-state index in [9.17, 15) is 9.59 Å². The number of carbonyl (C=O) groups excluding carboxylic acids is 1. The minimum absolute atomic E-state index is 0.0896. The second-order valence-corrected chi connectivity index (χ2v) is 3.55. The monoisotopic (exact) mass is 253 g/mol. The molecule has 0 aliphatic heterocycles. The molecule has 1 amide bonds. The van der Waals surface area contributed by atoms with E-state index >= 15 is 0 Å². The Balaban J connectivity index is 2.96. The molecule has 2 N–H and O–H groups in total. The number of ether oxygens (including phenoxy) is 2. The smallest absolute Gasteiger partial charge is 0.335 e. The molecule has 0 aliphatic rings. The molecule has 1 unspecified atom stereocenters. The van der Waals surface area contributed by atoms with Crippen molar-refractivity contribution in [1.29, 1.82) is 0 Å². The van der Waals surface area contributed by atoms with Gasteiger partial charge in [0.2, 0.25) is 0 Å². The van der Waals surface area contributed by atoms with Crippen molar-refractivity contribution in [3.8, 4) is 11.5 Å². The van der Waals surface area contributed by atoms with Gasteiger partial charge in [-0.25, -0.2) is 4.79 Å². The SMILES string of the molecule is CNC(=O)C(C)Oc1ccc(C(=O)O)cc1OC. The van der Waals surface area contributed by atoms with Crippen LogP contribution in [0.25, 0.3) is 0 Å². The third-order valence-corrected chi connectivity index (χ3v) is 2.33. The maximum atomic E-state index is 11.3. The average molecular weight is 253 g/mol. The normalized spacial score (nSPS) is 11.5. The predicted octanol–water partition coefficient (Wildman–Crippen LogP) is 0.907. The van der Waals surface area contributed by atoms with Crippen LogP contribution in [0.2, 0.25) is 0 Å². The fourth-order valence-corrected chi connectivity index (χ4v) is 1.35. The van der Waals surface area contributed by atoms with Crippen molar-refractivity contribution in [2.24, 2.45) is 0 Å². The molecule has 1 atom stereocenters. The van der Waals surface area contributed by atoms with E-state index in [0.717, 1.165) is 0 Å². The summed E-state index contributed by atoms with van der Waals surface area (Å²) in [6.45, 7) is 1.59. The van der Waals surface area contributed by atoms with E-state index in [1.807, 2.05) is 0 Å². The summed E-state index contributed by atoms with van der Waals surface area (Å²) >= 11 is 0. The lowest BCUT2D eigenvalue weighted by Crippen LogP contribution is -2.33. The van der Waals surface area contributed by atoms with Crippen LogP contribution in [0.1, 0.15) is 17.3 Å². The van der Waals surface area contributed by atoms with Gasteiger partial charge in [0.05, 0.1) is 12.7 Å². The molecule has 6 nitrogen and oxygen atoms in total. The Kier molecular flexibility index (Phi) is 4.53. The molecule has 0 saturated heterocycles. The molecule has 18 heavy (non-hydrogen) atoms. The van der Waals surface area contributed by atoms with Crippen LogP contribution in [-0.4, -0.2) is 37.2 Å². The van der Waals surface area contributed by atoms with Gasteiger partial charge in [-0.3, -0.25) is 4.79 Å². The van der Waals surface area contributed by atoms with Gasteiger partial charge in [-0.1, -0.05) is 0 Å². The zero-order valence-corrected chi connectivity index (χ0v) is 10.4. The summed E-state index contributed by atoms with van der Waals surface area (Å²) in [7, 11) is 2.91. The summed E-state index contributed by atoms with van der Waals surface area (Å²) in [4.78, 5) is 22.1. The highest BCUT2D eigenvalue weighted by atomic mass is 16.5. The number of methoxy groups -OCH3 is 1. The topological polar surface area (TPSA) is 84.9 Å². The fourth-order valence-electron chi connectivity index (χ4n) is 1.35. The van der Waals surface area contributed by atoms with Gasteiger partial charge in [0.1, 0.15) is 0 Å². The lowest BCUT2D eigenvalue weighted by molar-refractivity contribution is -0.126. The van der Waals surface area contributed by atoms with E-state index in [1.165, 1.54) is 32.4 Å². The summed E-state index contributed by atoms with van der Waals surface area (Å²) in [5.41, 5.74) is 0.0896. The molecule has 0 spiro atoms. The molecule has 1 aromatic carbocycles. The number of benzene rings is 1. The molecule has 1 aromatic rings. The Hall–Kier alpha value is -2.24. The van der Waals surface area contributed by atoms with Crippen molar-refractivity contribution in [3.05, 3.63) is 23.8 Å². The first kappa shape index (κ1) is 13.8. The van der Waals surface area contributed by atoms with Gasteiger partial charge in [-0.05, 0) is 25.1 Å². The molecule has 1 rings (SSSR count). The first-order valence-electron chi connectivity index (χ1n) is 5.29. The Morgan fingerprint density at radius 2 is 2.00 bits per heavy atom. The van der Waals surface area contributed by atoms with Crippen LogP contribution in [0.4, 0.5) is 0 Å². The highest BCUT2D eigenvalue weighted by Gasteiger charge is 2.16. The molecule has 0 aliphatic carbocycles. The fraction of sp³-hybridized carbons (Fsp3) is 0.333. The van der Waals surface area contributed by atoms with Crippen LogP contribution in [0.15, 0.2) is 18.2 Å². The van der Waals surface area contributed by atoms with Crippen LogP contribution >= 0.6 is 0 Å². The summed E-state index contributed by atoms with van der Waals surface area (Å²) in [6, 6.07) is 4.19. The second-order valence-electron chi connectivity index (χ2n) is 3.55. The van der Waals surface area contributed by atoms with E-state index in [4.69, 9.17) is 14.6 Å². The molecule has 0 bridgehead atoms. The van der Waals surface area contributed by atoms with E-state index < -0.39 is 12.1 Å². The minimum Gasteiger partial charge on any atom is -0.493 e. The molecule has 0 aromatic heterocycles. The first-order valence-corrected chi connectivity index (χ1v) is 5.29. The molecule has 0 radical (unpaired) electrons. The maximum Gasteiger partial charge on any atom is 0.335 e. The Bertz CT molecular complexity index is 458.